The molecule has 1 aliphatic heterocycles. The summed E-state index contributed by atoms with van der Waals surface area (Å²) >= 11 is 0. The molecule has 20 heavy (non-hydrogen) atoms. The molecule has 2 heterocycles. The van der Waals surface area contributed by atoms with Crippen LogP contribution in [0.1, 0.15) is 82.3 Å². The zero-order valence-corrected chi connectivity index (χ0v) is 12.7. The van der Waals surface area contributed by atoms with Crippen molar-refractivity contribution in [2.45, 2.75) is 76.0 Å². The van der Waals surface area contributed by atoms with Gasteiger partial charge in [-0.05, 0) is 38.6 Å². The third-order valence-corrected chi connectivity index (χ3v) is 5.17. The Kier molecular flexibility index (Phi) is 4.39. The second-order valence-electron chi connectivity index (χ2n) is 6.69. The molecule has 2 aliphatic rings. The molecule has 3 rings (SSSR count). The van der Waals surface area contributed by atoms with Crippen LogP contribution in [0, 0.1) is 0 Å². The average molecular weight is 276 g/mol. The Labute approximate surface area is 122 Å². The summed E-state index contributed by atoms with van der Waals surface area (Å²) in [4.78, 5) is 4.94. The molecule has 112 valence electrons. The molecule has 1 aliphatic carbocycles. The maximum atomic E-state index is 4.94. The summed E-state index contributed by atoms with van der Waals surface area (Å²) in [5.74, 6) is 2.85. The third-order valence-electron chi connectivity index (χ3n) is 5.17. The van der Waals surface area contributed by atoms with E-state index in [1.807, 2.05) is 0 Å². The number of piperidine rings is 1. The van der Waals surface area contributed by atoms with Gasteiger partial charge in [0.25, 0.3) is 0 Å². The van der Waals surface area contributed by atoms with Crippen molar-refractivity contribution in [1.29, 1.82) is 0 Å². The highest BCUT2D eigenvalue weighted by atomic mass is 15.2. The number of nitrogens with one attached hydrogen (secondary N) is 2. The van der Waals surface area contributed by atoms with Crippen molar-refractivity contribution in [3.05, 3.63) is 11.6 Å². The van der Waals surface area contributed by atoms with Gasteiger partial charge in [0.1, 0.15) is 5.82 Å². The van der Waals surface area contributed by atoms with E-state index in [9.17, 15) is 0 Å². The molecule has 4 nitrogen and oxygen atoms in total. The van der Waals surface area contributed by atoms with Crippen LogP contribution in [-0.4, -0.2) is 28.3 Å². The van der Waals surface area contributed by atoms with Gasteiger partial charge in [0, 0.05) is 17.9 Å². The Bertz CT molecular complexity index is 408. The summed E-state index contributed by atoms with van der Waals surface area (Å²) in [7, 11) is 0. The Morgan fingerprint density at radius 2 is 2.05 bits per heavy atom. The van der Waals surface area contributed by atoms with Crippen molar-refractivity contribution in [3.8, 4) is 0 Å². The Balaban J connectivity index is 1.79. The molecule has 0 amide bonds. The number of rotatable bonds is 4. The van der Waals surface area contributed by atoms with Crippen LogP contribution in [0.3, 0.4) is 0 Å². The highest BCUT2D eigenvalue weighted by Crippen LogP contribution is 2.36. The molecule has 0 spiro atoms. The van der Waals surface area contributed by atoms with Crippen LogP contribution >= 0.6 is 0 Å². The van der Waals surface area contributed by atoms with Crippen LogP contribution in [0.15, 0.2) is 0 Å². The standard InChI is InChI=1S/C16H28N4/c1-2-9-16(10-6-11-17-12-16)15-18-14(19-20-15)13-7-4-3-5-8-13/h13,17H,2-12H2,1H3,(H,18,19,20). The maximum Gasteiger partial charge on any atom is 0.158 e. The molecular formula is C16H28N4. The van der Waals surface area contributed by atoms with Gasteiger partial charge in [0.15, 0.2) is 5.82 Å². The Hall–Kier alpha value is -0.900. The fourth-order valence-corrected chi connectivity index (χ4v) is 4.03. The van der Waals surface area contributed by atoms with Crippen LogP contribution in [-0.2, 0) is 5.41 Å². The van der Waals surface area contributed by atoms with Crippen molar-refractivity contribution in [2.24, 2.45) is 0 Å². The second kappa shape index (κ2) is 6.25. The molecule has 2 N–H and O–H groups in total. The summed E-state index contributed by atoms with van der Waals surface area (Å²) in [6.45, 7) is 4.46. The molecule has 1 atom stereocenters. The van der Waals surface area contributed by atoms with Crippen molar-refractivity contribution in [1.82, 2.24) is 20.5 Å². The molecule has 0 bridgehead atoms. The van der Waals surface area contributed by atoms with Crippen molar-refractivity contribution < 1.29 is 0 Å². The van der Waals surface area contributed by atoms with E-state index < -0.39 is 0 Å². The molecular weight excluding hydrogens is 248 g/mol. The van der Waals surface area contributed by atoms with Crippen molar-refractivity contribution in [2.75, 3.05) is 13.1 Å². The third kappa shape index (κ3) is 2.76. The van der Waals surface area contributed by atoms with Gasteiger partial charge in [-0.25, -0.2) is 4.98 Å². The van der Waals surface area contributed by atoms with E-state index in [1.54, 1.807) is 0 Å². The van der Waals surface area contributed by atoms with Gasteiger partial charge in [-0.2, -0.15) is 5.10 Å². The van der Waals surface area contributed by atoms with E-state index in [2.05, 4.69) is 22.4 Å². The first-order valence-corrected chi connectivity index (χ1v) is 8.47. The lowest BCUT2D eigenvalue weighted by Crippen LogP contribution is -2.44. The lowest BCUT2D eigenvalue weighted by atomic mass is 9.76. The highest BCUT2D eigenvalue weighted by molar-refractivity contribution is 5.12. The minimum Gasteiger partial charge on any atom is -0.316 e. The number of nitrogens with zero attached hydrogens (tertiary/aromatic N) is 2. The number of aromatic amines is 1. The predicted octanol–water partition coefficient (Wildman–Crippen LogP) is 3.27. The molecule has 0 radical (unpaired) electrons. The summed E-state index contributed by atoms with van der Waals surface area (Å²) in [5, 5.41) is 11.5. The largest absolute Gasteiger partial charge is 0.316 e. The zero-order chi connectivity index (χ0) is 13.8. The Morgan fingerprint density at radius 3 is 2.75 bits per heavy atom. The number of hydrogen-bond acceptors (Lipinski definition) is 3. The van der Waals surface area contributed by atoms with Crippen LogP contribution in [0.2, 0.25) is 0 Å². The first kappa shape index (κ1) is 14.1. The summed E-state index contributed by atoms with van der Waals surface area (Å²) in [6.07, 6.45) is 11.5. The van der Waals surface area contributed by atoms with E-state index in [0.717, 1.165) is 24.7 Å². The van der Waals surface area contributed by atoms with Crippen LogP contribution in [0.4, 0.5) is 0 Å². The SMILES string of the molecule is CCCC1(c2n[nH]c(C3CCCCC3)n2)CCCNC1. The fraction of sp³-hybridized carbons (Fsp3) is 0.875. The Morgan fingerprint density at radius 1 is 1.20 bits per heavy atom. The van der Waals surface area contributed by atoms with E-state index >= 15 is 0 Å². The normalized spacial score (nSPS) is 28.6. The first-order chi connectivity index (χ1) is 9.84. The van der Waals surface area contributed by atoms with Gasteiger partial charge in [-0.1, -0.05) is 32.6 Å². The monoisotopic (exact) mass is 276 g/mol. The van der Waals surface area contributed by atoms with E-state index in [1.165, 1.54) is 57.8 Å². The zero-order valence-electron chi connectivity index (χ0n) is 12.7. The summed E-state index contributed by atoms with van der Waals surface area (Å²) < 4.78 is 0. The minimum absolute atomic E-state index is 0.177. The molecule has 4 heteroatoms. The van der Waals surface area contributed by atoms with Gasteiger partial charge in [-0.15, -0.1) is 0 Å². The van der Waals surface area contributed by atoms with Crippen molar-refractivity contribution in [3.63, 3.8) is 0 Å². The van der Waals surface area contributed by atoms with Gasteiger partial charge in [0.05, 0.1) is 0 Å². The topological polar surface area (TPSA) is 53.6 Å². The predicted molar refractivity (Wildman–Crippen MR) is 80.9 cm³/mol. The van der Waals surface area contributed by atoms with Gasteiger partial charge in [-0.3, -0.25) is 5.10 Å². The number of hydrogen-bond donors (Lipinski definition) is 2. The summed E-state index contributed by atoms with van der Waals surface area (Å²) in [5.41, 5.74) is 0.177. The smallest absolute Gasteiger partial charge is 0.158 e. The van der Waals surface area contributed by atoms with Crippen LogP contribution in [0.25, 0.3) is 0 Å². The number of H-pyrrole nitrogens is 1. The highest BCUT2D eigenvalue weighted by Gasteiger charge is 2.37. The second-order valence-corrected chi connectivity index (χ2v) is 6.69. The van der Waals surface area contributed by atoms with Gasteiger partial charge < -0.3 is 5.32 Å². The summed E-state index contributed by atoms with van der Waals surface area (Å²) in [6, 6.07) is 0. The lowest BCUT2D eigenvalue weighted by Gasteiger charge is -2.35. The molecule has 1 saturated heterocycles. The molecule has 1 aromatic heterocycles. The van der Waals surface area contributed by atoms with Gasteiger partial charge in [0.2, 0.25) is 0 Å². The van der Waals surface area contributed by atoms with E-state index in [0.29, 0.717) is 5.92 Å². The minimum atomic E-state index is 0.177. The van der Waals surface area contributed by atoms with Crippen molar-refractivity contribution >= 4 is 0 Å². The van der Waals surface area contributed by atoms with E-state index in [-0.39, 0.29) is 5.41 Å². The molecule has 1 unspecified atom stereocenters. The first-order valence-electron chi connectivity index (χ1n) is 8.47. The molecule has 0 aromatic carbocycles. The molecule has 2 fully saturated rings. The van der Waals surface area contributed by atoms with Crippen LogP contribution < -0.4 is 5.32 Å². The quantitative estimate of drug-likeness (QED) is 0.887. The number of aromatic nitrogens is 3. The van der Waals surface area contributed by atoms with Crippen LogP contribution in [0.5, 0.6) is 0 Å². The average Bonchev–Trinajstić information content (AvgIpc) is 3.00. The van der Waals surface area contributed by atoms with Gasteiger partial charge >= 0.3 is 0 Å². The maximum absolute atomic E-state index is 4.94. The lowest BCUT2D eigenvalue weighted by molar-refractivity contribution is 0.276. The fourth-order valence-electron chi connectivity index (χ4n) is 4.03. The molecule has 1 aromatic rings. The van der Waals surface area contributed by atoms with E-state index in [4.69, 9.17) is 4.98 Å². The molecule has 1 saturated carbocycles.